The molecule has 4 nitrogen and oxygen atoms in total. The molecule has 0 aliphatic carbocycles. The normalized spacial score (nSPS) is 10.0. The summed E-state index contributed by atoms with van der Waals surface area (Å²) in [6, 6.07) is 4.74. The number of carbonyl (C=O) groups excluding carboxylic acids is 1. The van der Waals surface area contributed by atoms with Crippen molar-refractivity contribution in [2.75, 3.05) is 26.0 Å². The van der Waals surface area contributed by atoms with Crippen molar-refractivity contribution in [3.05, 3.63) is 28.8 Å². The maximum absolute atomic E-state index is 11.5. The molecule has 0 atom stereocenters. The Kier molecular flexibility index (Phi) is 4.39. The van der Waals surface area contributed by atoms with Gasteiger partial charge >= 0.3 is 0 Å². The third-order valence-corrected chi connectivity index (χ3v) is 1.99. The Labute approximate surface area is 93.4 Å². The number of nitrogen functional groups attached to an aromatic ring is 1. The van der Waals surface area contributed by atoms with Crippen molar-refractivity contribution in [1.82, 2.24) is 5.32 Å². The molecule has 82 valence electrons. The van der Waals surface area contributed by atoms with Crippen molar-refractivity contribution in [3.63, 3.8) is 0 Å². The SMILES string of the molecule is COCCNC(=O)c1cc(N)cc(Cl)c1. The van der Waals surface area contributed by atoms with E-state index in [9.17, 15) is 4.79 Å². The van der Waals surface area contributed by atoms with Gasteiger partial charge in [0, 0.05) is 29.9 Å². The summed E-state index contributed by atoms with van der Waals surface area (Å²) in [6.45, 7) is 0.934. The first kappa shape index (κ1) is 11.8. The summed E-state index contributed by atoms with van der Waals surface area (Å²) in [7, 11) is 1.57. The minimum atomic E-state index is -0.207. The fraction of sp³-hybridized carbons (Fsp3) is 0.300. The molecule has 0 fully saturated rings. The van der Waals surface area contributed by atoms with E-state index in [1.807, 2.05) is 0 Å². The highest BCUT2D eigenvalue weighted by molar-refractivity contribution is 6.31. The highest BCUT2D eigenvalue weighted by Gasteiger charge is 2.06. The van der Waals surface area contributed by atoms with Crippen LogP contribution in [0, 0.1) is 0 Å². The third-order valence-electron chi connectivity index (χ3n) is 1.77. The highest BCUT2D eigenvalue weighted by Crippen LogP contribution is 2.16. The first-order valence-corrected chi connectivity index (χ1v) is 4.84. The van der Waals surface area contributed by atoms with Gasteiger partial charge in [-0.25, -0.2) is 0 Å². The molecule has 0 aliphatic rings. The van der Waals surface area contributed by atoms with E-state index in [4.69, 9.17) is 22.1 Å². The molecule has 15 heavy (non-hydrogen) atoms. The molecule has 0 unspecified atom stereocenters. The molecule has 1 rings (SSSR count). The number of hydrogen-bond acceptors (Lipinski definition) is 3. The maximum Gasteiger partial charge on any atom is 0.251 e. The summed E-state index contributed by atoms with van der Waals surface area (Å²) < 4.78 is 4.81. The van der Waals surface area contributed by atoms with Gasteiger partial charge in [-0.3, -0.25) is 4.79 Å². The Morgan fingerprint density at radius 3 is 2.87 bits per heavy atom. The average molecular weight is 229 g/mol. The molecule has 1 amide bonds. The lowest BCUT2D eigenvalue weighted by atomic mass is 10.2. The molecule has 5 heteroatoms. The summed E-state index contributed by atoms with van der Waals surface area (Å²) in [5, 5.41) is 3.13. The molecule has 1 aromatic carbocycles. The van der Waals surface area contributed by atoms with Crippen molar-refractivity contribution in [2.45, 2.75) is 0 Å². The Bertz CT molecular complexity index is 335. The van der Waals surface area contributed by atoms with E-state index >= 15 is 0 Å². The van der Waals surface area contributed by atoms with E-state index in [1.165, 1.54) is 0 Å². The Morgan fingerprint density at radius 2 is 2.27 bits per heavy atom. The van der Waals surface area contributed by atoms with Crippen molar-refractivity contribution in [2.24, 2.45) is 0 Å². The summed E-state index contributed by atoms with van der Waals surface area (Å²) in [4.78, 5) is 11.5. The highest BCUT2D eigenvalue weighted by atomic mass is 35.5. The van der Waals surface area contributed by atoms with Gasteiger partial charge in [-0.05, 0) is 18.2 Å². The summed E-state index contributed by atoms with van der Waals surface area (Å²) in [5.41, 5.74) is 6.49. The summed E-state index contributed by atoms with van der Waals surface area (Å²) >= 11 is 5.77. The van der Waals surface area contributed by atoms with E-state index in [0.29, 0.717) is 29.4 Å². The summed E-state index contributed by atoms with van der Waals surface area (Å²) in [5.74, 6) is -0.207. The molecule has 0 heterocycles. The lowest BCUT2D eigenvalue weighted by Crippen LogP contribution is -2.26. The number of amides is 1. The largest absolute Gasteiger partial charge is 0.399 e. The van der Waals surface area contributed by atoms with Crippen LogP contribution in [0.5, 0.6) is 0 Å². The number of benzene rings is 1. The van der Waals surface area contributed by atoms with Crippen molar-refractivity contribution in [1.29, 1.82) is 0 Å². The van der Waals surface area contributed by atoms with Crippen LogP contribution in [-0.4, -0.2) is 26.2 Å². The molecular weight excluding hydrogens is 216 g/mol. The molecular formula is C10H13ClN2O2. The second-order valence-corrected chi connectivity index (χ2v) is 3.46. The molecule has 1 aromatic rings. The van der Waals surface area contributed by atoms with E-state index in [-0.39, 0.29) is 5.91 Å². The number of ether oxygens (including phenoxy) is 1. The minimum Gasteiger partial charge on any atom is -0.399 e. The van der Waals surface area contributed by atoms with Crippen LogP contribution in [0.4, 0.5) is 5.69 Å². The van der Waals surface area contributed by atoms with E-state index in [1.54, 1.807) is 25.3 Å². The lowest BCUT2D eigenvalue weighted by molar-refractivity contribution is 0.0937. The van der Waals surface area contributed by atoms with Crippen LogP contribution in [0.3, 0.4) is 0 Å². The molecule has 0 radical (unpaired) electrons. The second-order valence-electron chi connectivity index (χ2n) is 3.02. The van der Waals surface area contributed by atoms with Crippen LogP contribution in [0.2, 0.25) is 5.02 Å². The average Bonchev–Trinajstić information content (AvgIpc) is 2.16. The zero-order valence-electron chi connectivity index (χ0n) is 8.42. The predicted molar refractivity (Wildman–Crippen MR) is 60.1 cm³/mol. The third kappa shape index (κ3) is 3.77. The number of halogens is 1. The molecule has 0 spiro atoms. The van der Waals surface area contributed by atoms with Gasteiger partial charge in [0.2, 0.25) is 0 Å². The first-order chi connectivity index (χ1) is 7.13. The predicted octanol–water partition coefficient (Wildman–Crippen LogP) is 1.30. The van der Waals surface area contributed by atoms with Gasteiger partial charge in [-0.2, -0.15) is 0 Å². The van der Waals surface area contributed by atoms with Crippen LogP contribution < -0.4 is 11.1 Å². The van der Waals surface area contributed by atoms with Gasteiger partial charge in [-0.1, -0.05) is 11.6 Å². The minimum absolute atomic E-state index is 0.207. The molecule has 0 saturated heterocycles. The molecule has 0 saturated carbocycles. The zero-order chi connectivity index (χ0) is 11.3. The number of anilines is 1. The van der Waals surface area contributed by atoms with Crippen LogP contribution in [0.25, 0.3) is 0 Å². The van der Waals surface area contributed by atoms with Crippen LogP contribution in [0.15, 0.2) is 18.2 Å². The smallest absolute Gasteiger partial charge is 0.251 e. The molecule has 0 bridgehead atoms. The topological polar surface area (TPSA) is 64.3 Å². The van der Waals surface area contributed by atoms with Crippen molar-refractivity contribution < 1.29 is 9.53 Å². The lowest BCUT2D eigenvalue weighted by Gasteiger charge is -2.05. The van der Waals surface area contributed by atoms with Crippen LogP contribution >= 0.6 is 11.6 Å². The first-order valence-electron chi connectivity index (χ1n) is 4.46. The number of hydrogen-bond donors (Lipinski definition) is 2. The number of methoxy groups -OCH3 is 1. The van der Waals surface area contributed by atoms with Gasteiger partial charge in [0.1, 0.15) is 0 Å². The number of nitrogens with one attached hydrogen (secondary N) is 1. The quantitative estimate of drug-likeness (QED) is 0.603. The van der Waals surface area contributed by atoms with Gasteiger partial charge in [-0.15, -0.1) is 0 Å². The van der Waals surface area contributed by atoms with E-state index in [0.717, 1.165) is 0 Å². The second kappa shape index (κ2) is 5.58. The molecule has 0 aromatic heterocycles. The molecule has 3 N–H and O–H groups in total. The Hall–Kier alpha value is -1.26. The van der Waals surface area contributed by atoms with Crippen LogP contribution in [0.1, 0.15) is 10.4 Å². The van der Waals surface area contributed by atoms with E-state index < -0.39 is 0 Å². The van der Waals surface area contributed by atoms with Gasteiger partial charge in [0.05, 0.1) is 6.61 Å². The van der Waals surface area contributed by atoms with Gasteiger partial charge in [0.15, 0.2) is 0 Å². The maximum atomic E-state index is 11.5. The van der Waals surface area contributed by atoms with E-state index in [2.05, 4.69) is 5.32 Å². The zero-order valence-corrected chi connectivity index (χ0v) is 9.17. The Balaban J connectivity index is 2.65. The number of nitrogens with two attached hydrogens (primary N) is 1. The number of rotatable bonds is 4. The Morgan fingerprint density at radius 1 is 1.53 bits per heavy atom. The fourth-order valence-corrected chi connectivity index (χ4v) is 1.36. The monoisotopic (exact) mass is 228 g/mol. The fourth-order valence-electron chi connectivity index (χ4n) is 1.11. The molecule has 0 aliphatic heterocycles. The van der Waals surface area contributed by atoms with Crippen LogP contribution in [-0.2, 0) is 4.74 Å². The van der Waals surface area contributed by atoms with Gasteiger partial charge < -0.3 is 15.8 Å². The van der Waals surface area contributed by atoms with Crippen molar-refractivity contribution in [3.8, 4) is 0 Å². The van der Waals surface area contributed by atoms with Crippen molar-refractivity contribution >= 4 is 23.2 Å². The summed E-state index contributed by atoms with van der Waals surface area (Å²) in [6.07, 6.45) is 0. The number of carbonyl (C=O) groups is 1. The standard InChI is InChI=1S/C10H13ClN2O2/c1-15-3-2-13-10(14)7-4-8(11)6-9(12)5-7/h4-6H,2-3,12H2,1H3,(H,13,14). The van der Waals surface area contributed by atoms with Gasteiger partial charge in [0.25, 0.3) is 5.91 Å².